The zero-order valence-corrected chi connectivity index (χ0v) is 12.1. The molecule has 0 aliphatic heterocycles. The number of non-ortho nitro benzene ring substituents is 1. The minimum atomic E-state index is -0.461. The summed E-state index contributed by atoms with van der Waals surface area (Å²) in [4.78, 5) is 21.6. The predicted molar refractivity (Wildman–Crippen MR) is 83.2 cm³/mol. The Bertz CT molecular complexity index is 651. The smallest absolute Gasteiger partial charge is 0.269 e. The minimum Gasteiger partial charge on any atom is -0.457 e. The van der Waals surface area contributed by atoms with Gasteiger partial charge in [0.1, 0.15) is 11.5 Å². The lowest BCUT2D eigenvalue weighted by Gasteiger charge is -2.07. The summed E-state index contributed by atoms with van der Waals surface area (Å²) in [5.74, 6) is 1.07. The third-order valence-corrected chi connectivity index (χ3v) is 2.90. The number of hydrogen-bond donors (Lipinski definition) is 1. The van der Waals surface area contributed by atoms with Crippen molar-refractivity contribution in [1.29, 1.82) is 0 Å². The van der Waals surface area contributed by atoms with Crippen LogP contribution in [-0.2, 0) is 4.79 Å². The quantitative estimate of drug-likeness (QED) is 0.642. The molecule has 22 heavy (non-hydrogen) atoms. The summed E-state index contributed by atoms with van der Waals surface area (Å²) in [6, 6.07) is 12.8. The number of carbonyl (C=O) groups excluding carboxylic acids is 1. The van der Waals surface area contributed by atoms with Gasteiger partial charge in [0.2, 0.25) is 5.91 Å². The number of hydrogen-bond acceptors (Lipinski definition) is 4. The van der Waals surface area contributed by atoms with Gasteiger partial charge < -0.3 is 10.1 Å². The first kappa shape index (κ1) is 15.5. The van der Waals surface area contributed by atoms with E-state index in [1.807, 2.05) is 6.92 Å². The van der Waals surface area contributed by atoms with E-state index in [9.17, 15) is 14.9 Å². The van der Waals surface area contributed by atoms with E-state index < -0.39 is 4.92 Å². The van der Waals surface area contributed by atoms with Crippen LogP contribution in [0, 0.1) is 10.1 Å². The van der Waals surface area contributed by atoms with Gasteiger partial charge in [0, 0.05) is 24.2 Å². The summed E-state index contributed by atoms with van der Waals surface area (Å²) in [6.45, 7) is 1.95. The SMILES string of the molecule is CCCC(=O)Nc1ccc(Oc2ccc([N+](=O)[O-])cc2)cc1. The highest BCUT2D eigenvalue weighted by molar-refractivity contribution is 5.90. The second kappa shape index (κ2) is 7.21. The van der Waals surface area contributed by atoms with E-state index in [1.54, 1.807) is 24.3 Å². The summed E-state index contributed by atoms with van der Waals surface area (Å²) in [5, 5.41) is 13.4. The van der Waals surface area contributed by atoms with Crippen molar-refractivity contribution in [1.82, 2.24) is 0 Å². The van der Waals surface area contributed by atoms with Gasteiger partial charge in [-0.25, -0.2) is 0 Å². The number of nitro groups is 1. The van der Waals surface area contributed by atoms with Gasteiger partial charge in [-0.3, -0.25) is 14.9 Å². The molecule has 114 valence electrons. The molecule has 2 aromatic rings. The Morgan fingerprint density at radius 3 is 2.14 bits per heavy atom. The number of nitrogens with zero attached hydrogens (tertiary/aromatic N) is 1. The van der Waals surface area contributed by atoms with Crippen molar-refractivity contribution in [2.75, 3.05) is 5.32 Å². The molecular formula is C16H16N2O4. The van der Waals surface area contributed by atoms with Gasteiger partial charge in [-0.05, 0) is 42.8 Å². The first-order chi connectivity index (χ1) is 10.6. The predicted octanol–water partition coefficient (Wildman–Crippen LogP) is 4.13. The lowest BCUT2D eigenvalue weighted by molar-refractivity contribution is -0.384. The second-order valence-corrected chi connectivity index (χ2v) is 4.68. The Morgan fingerprint density at radius 1 is 1.09 bits per heavy atom. The van der Waals surface area contributed by atoms with Gasteiger partial charge in [-0.15, -0.1) is 0 Å². The standard InChI is InChI=1S/C16H16N2O4/c1-2-3-16(19)17-12-4-8-14(9-5-12)22-15-10-6-13(7-11-15)18(20)21/h4-11H,2-3H2,1H3,(H,17,19). The molecule has 0 bridgehead atoms. The van der Waals surface area contributed by atoms with E-state index in [1.165, 1.54) is 24.3 Å². The number of amides is 1. The first-order valence-electron chi connectivity index (χ1n) is 6.90. The number of carbonyl (C=O) groups is 1. The van der Waals surface area contributed by atoms with E-state index in [4.69, 9.17) is 4.74 Å². The highest BCUT2D eigenvalue weighted by Crippen LogP contribution is 2.25. The molecule has 1 amide bonds. The van der Waals surface area contributed by atoms with Crippen LogP contribution in [-0.4, -0.2) is 10.8 Å². The van der Waals surface area contributed by atoms with Crippen molar-refractivity contribution in [2.24, 2.45) is 0 Å². The van der Waals surface area contributed by atoms with Crippen LogP contribution in [0.3, 0.4) is 0 Å². The number of nitro benzene ring substituents is 1. The number of benzene rings is 2. The number of rotatable bonds is 6. The molecule has 0 aliphatic rings. The van der Waals surface area contributed by atoms with E-state index in [0.717, 1.165) is 6.42 Å². The Kier molecular flexibility index (Phi) is 5.08. The molecule has 0 spiro atoms. The third-order valence-electron chi connectivity index (χ3n) is 2.90. The molecule has 0 aromatic heterocycles. The molecule has 0 saturated heterocycles. The van der Waals surface area contributed by atoms with Crippen LogP contribution in [0.4, 0.5) is 11.4 Å². The normalized spacial score (nSPS) is 10.0. The third kappa shape index (κ3) is 4.31. The number of anilines is 1. The van der Waals surface area contributed by atoms with Crippen molar-refractivity contribution in [2.45, 2.75) is 19.8 Å². The van der Waals surface area contributed by atoms with Gasteiger partial charge in [-0.1, -0.05) is 6.92 Å². The van der Waals surface area contributed by atoms with Crippen molar-refractivity contribution in [3.63, 3.8) is 0 Å². The van der Waals surface area contributed by atoms with Crippen LogP contribution in [0.25, 0.3) is 0 Å². The van der Waals surface area contributed by atoms with E-state index in [2.05, 4.69) is 5.32 Å². The molecule has 0 heterocycles. The van der Waals surface area contributed by atoms with Crippen LogP contribution >= 0.6 is 0 Å². The molecule has 2 aromatic carbocycles. The van der Waals surface area contributed by atoms with Gasteiger partial charge in [-0.2, -0.15) is 0 Å². The first-order valence-corrected chi connectivity index (χ1v) is 6.90. The van der Waals surface area contributed by atoms with Crippen LogP contribution in [0.2, 0.25) is 0 Å². The summed E-state index contributed by atoms with van der Waals surface area (Å²) in [5.41, 5.74) is 0.718. The maximum atomic E-state index is 11.5. The van der Waals surface area contributed by atoms with E-state index >= 15 is 0 Å². The Morgan fingerprint density at radius 2 is 1.64 bits per heavy atom. The lowest BCUT2D eigenvalue weighted by atomic mass is 10.2. The lowest BCUT2D eigenvalue weighted by Crippen LogP contribution is -2.10. The monoisotopic (exact) mass is 300 g/mol. The van der Waals surface area contributed by atoms with Gasteiger partial charge >= 0.3 is 0 Å². The molecule has 2 rings (SSSR count). The summed E-state index contributed by atoms with van der Waals surface area (Å²) < 4.78 is 5.59. The molecule has 0 saturated carbocycles. The zero-order chi connectivity index (χ0) is 15.9. The topological polar surface area (TPSA) is 81.5 Å². The fraction of sp³-hybridized carbons (Fsp3) is 0.188. The maximum absolute atomic E-state index is 11.5. The Labute approximate surface area is 127 Å². The summed E-state index contributed by atoms with van der Waals surface area (Å²) in [6.07, 6.45) is 1.29. The van der Waals surface area contributed by atoms with Gasteiger partial charge in [0.25, 0.3) is 5.69 Å². The van der Waals surface area contributed by atoms with Crippen molar-refractivity contribution < 1.29 is 14.5 Å². The van der Waals surface area contributed by atoms with Crippen LogP contribution < -0.4 is 10.1 Å². The number of nitrogens with one attached hydrogen (secondary N) is 1. The molecule has 0 radical (unpaired) electrons. The van der Waals surface area contributed by atoms with Crippen molar-refractivity contribution in [3.05, 3.63) is 58.6 Å². The van der Waals surface area contributed by atoms with Crippen LogP contribution in [0.5, 0.6) is 11.5 Å². The molecule has 6 heteroatoms. The van der Waals surface area contributed by atoms with Crippen LogP contribution in [0.15, 0.2) is 48.5 Å². The fourth-order valence-corrected chi connectivity index (χ4v) is 1.83. The molecule has 0 atom stereocenters. The molecule has 0 fully saturated rings. The number of ether oxygens (including phenoxy) is 1. The summed E-state index contributed by atoms with van der Waals surface area (Å²) >= 11 is 0. The summed E-state index contributed by atoms with van der Waals surface area (Å²) in [7, 11) is 0. The highest BCUT2D eigenvalue weighted by atomic mass is 16.6. The van der Waals surface area contributed by atoms with Gasteiger partial charge in [0.05, 0.1) is 4.92 Å². The molecule has 0 unspecified atom stereocenters. The maximum Gasteiger partial charge on any atom is 0.269 e. The average molecular weight is 300 g/mol. The second-order valence-electron chi connectivity index (χ2n) is 4.68. The minimum absolute atomic E-state index is 0.0151. The van der Waals surface area contributed by atoms with E-state index in [-0.39, 0.29) is 11.6 Å². The largest absolute Gasteiger partial charge is 0.457 e. The average Bonchev–Trinajstić information content (AvgIpc) is 2.50. The van der Waals surface area contributed by atoms with Crippen LogP contribution in [0.1, 0.15) is 19.8 Å². The Hall–Kier alpha value is -2.89. The van der Waals surface area contributed by atoms with Crippen molar-refractivity contribution >= 4 is 17.3 Å². The zero-order valence-electron chi connectivity index (χ0n) is 12.1. The Balaban J connectivity index is 1.98. The molecular weight excluding hydrogens is 284 g/mol. The highest BCUT2D eigenvalue weighted by Gasteiger charge is 2.05. The molecule has 6 nitrogen and oxygen atoms in total. The van der Waals surface area contributed by atoms with E-state index in [0.29, 0.717) is 23.6 Å². The van der Waals surface area contributed by atoms with Crippen molar-refractivity contribution in [3.8, 4) is 11.5 Å². The molecule has 1 N–H and O–H groups in total. The molecule has 0 aliphatic carbocycles. The van der Waals surface area contributed by atoms with Gasteiger partial charge in [0.15, 0.2) is 0 Å². The fourth-order valence-electron chi connectivity index (χ4n) is 1.83.